The third kappa shape index (κ3) is 3.35. The fourth-order valence-electron chi connectivity index (χ4n) is 1.55. The third-order valence-electron chi connectivity index (χ3n) is 2.42. The second-order valence-corrected chi connectivity index (χ2v) is 3.92. The number of carbonyl (C=O) groups is 2. The number of aliphatic carboxylic acids is 1. The van der Waals surface area contributed by atoms with E-state index in [1.807, 2.05) is 0 Å². The second-order valence-electron chi connectivity index (χ2n) is 3.92. The molecule has 0 aliphatic heterocycles. The van der Waals surface area contributed by atoms with Crippen LogP contribution in [0.3, 0.4) is 0 Å². The lowest BCUT2D eigenvalue weighted by Crippen LogP contribution is -2.11. The number of nitrogens with two attached hydrogens (primary N) is 1. The Balaban J connectivity index is 2.03. The van der Waals surface area contributed by atoms with Crippen LogP contribution in [0.25, 0.3) is 0 Å². The highest BCUT2D eigenvalue weighted by atomic mass is 16.4. The van der Waals surface area contributed by atoms with Crippen molar-refractivity contribution < 1.29 is 19.1 Å². The molecule has 6 nitrogen and oxygen atoms in total. The van der Waals surface area contributed by atoms with E-state index in [1.165, 1.54) is 12.1 Å². The van der Waals surface area contributed by atoms with Crippen LogP contribution < -0.4 is 11.1 Å². The number of hydrogen-bond acceptors (Lipinski definition) is 4. The maximum Gasteiger partial charge on any atom is 0.307 e. The molecule has 0 aliphatic rings. The van der Waals surface area contributed by atoms with Gasteiger partial charge in [0, 0.05) is 11.8 Å². The molecule has 0 atom stereocenters. The molecule has 6 heteroatoms. The Hall–Kier alpha value is -2.76. The van der Waals surface area contributed by atoms with Gasteiger partial charge in [0.1, 0.15) is 0 Å². The van der Waals surface area contributed by atoms with Crippen LogP contribution in [0.15, 0.2) is 40.8 Å². The highest BCUT2D eigenvalue weighted by Gasteiger charge is 2.10. The molecular weight excluding hydrogens is 248 g/mol. The Morgan fingerprint density at radius 1 is 1.16 bits per heavy atom. The predicted octanol–water partition coefficient (Wildman–Crippen LogP) is 1.74. The van der Waals surface area contributed by atoms with Crippen LogP contribution >= 0.6 is 0 Å². The molecule has 1 amide bonds. The number of hydrogen-bond donors (Lipinski definition) is 3. The number of nitrogen functional groups attached to an aromatic ring is 1. The summed E-state index contributed by atoms with van der Waals surface area (Å²) in [5.74, 6) is -1.03. The van der Waals surface area contributed by atoms with Gasteiger partial charge < -0.3 is 20.6 Å². The lowest BCUT2D eigenvalue weighted by atomic mass is 10.1. The van der Waals surface area contributed by atoms with Crippen LogP contribution in [0.5, 0.6) is 0 Å². The molecule has 0 radical (unpaired) electrons. The van der Waals surface area contributed by atoms with Crippen LogP contribution in [0.1, 0.15) is 16.1 Å². The van der Waals surface area contributed by atoms with Crippen molar-refractivity contribution in [3.8, 4) is 0 Å². The van der Waals surface area contributed by atoms with Crippen molar-refractivity contribution in [2.45, 2.75) is 6.42 Å². The van der Waals surface area contributed by atoms with Crippen LogP contribution in [0.4, 0.5) is 11.6 Å². The monoisotopic (exact) mass is 260 g/mol. The fraction of sp³-hybridized carbons (Fsp3) is 0.0769. The summed E-state index contributed by atoms with van der Waals surface area (Å²) < 4.78 is 4.98. The van der Waals surface area contributed by atoms with Crippen molar-refractivity contribution in [1.29, 1.82) is 0 Å². The molecule has 0 saturated carbocycles. The molecule has 98 valence electrons. The molecule has 19 heavy (non-hydrogen) atoms. The predicted molar refractivity (Wildman–Crippen MR) is 68.9 cm³/mol. The van der Waals surface area contributed by atoms with Crippen molar-refractivity contribution in [1.82, 2.24) is 0 Å². The van der Waals surface area contributed by atoms with Gasteiger partial charge in [0.2, 0.25) is 0 Å². The molecule has 1 heterocycles. The van der Waals surface area contributed by atoms with Gasteiger partial charge in [-0.3, -0.25) is 9.59 Å². The zero-order chi connectivity index (χ0) is 13.8. The van der Waals surface area contributed by atoms with Gasteiger partial charge in [-0.05, 0) is 23.8 Å². The van der Waals surface area contributed by atoms with Crippen LogP contribution in [0.2, 0.25) is 0 Å². The van der Waals surface area contributed by atoms with E-state index in [-0.39, 0.29) is 18.1 Å². The van der Waals surface area contributed by atoms with Crippen LogP contribution in [0, 0.1) is 0 Å². The van der Waals surface area contributed by atoms with Crippen molar-refractivity contribution in [3.05, 3.63) is 47.7 Å². The number of rotatable bonds is 4. The number of benzene rings is 1. The van der Waals surface area contributed by atoms with E-state index >= 15 is 0 Å². The molecule has 0 aliphatic carbocycles. The molecule has 0 unspecified atom stereocenters. The lowest BCUT2D eigenvalue weighted by molar-refractivity contribution is -0.136. The van der Waals surface area contributed by atoms with Gasteiger partial charge in [0.25, 0.3) is 5.91 Å². The minimum absolute atomic E-state index is 0.0526. The summed E-state index contributed by atoms with van der Waals surface area (Å²) in [6.07, 6.45) is -0.0526. The van der Waals surface area contributed by atoms with E-state index in [2.05, 4.69) is 5.32 Å². The summed E-state index contributed by atoms with van der Waals surface area (Å²) in [5, 5.41) is 11.3. The number of nitrogens with one attached hydrogen (secondary N) is 1. The average molecular weight is 260 g/mol. The van der Waals surface area contributed by atoms with Gasteiger partial charge in [-0.1, -0.05) is 12.1 Å². The molecule has 0 fully saturated rings. The smallest absolute Gasteiger partial charge is 0.307 e. The van der Waals surface area contributed by atoms with Gasteiger partial charge in [-0.15, -0.1) is 0 Å². The minimum Gasteiger partial charge on any atom is -0.481 e. The first-order valence-corrected chi connectivity index (χ1v) is 5.52. The Morgan fingerprint density at radius 3 is 2.37 bits per heavy atom. The zero-order valence-electron chi connectivity index (χ0n) is 9.92. The largest absolute Gasteiger partial charge is 0.481 e. The summed E-state index contributed by atoms with van der Waals surface area (Å²) in [6, 6.07) is 9.50. The van der Waals surface area contributed by atoms with E-state index in [0.717, 1.165) is 0 Å². The molecule has 4 N–H and O–H groups in total. The number of furan rings is 1. The Morgan fingerprint density at radius 2 is 1.84 bits per heavy atom. The zero-order valence-corrected chi connectivity index (χ0v) is 9.92. The maximum absolute atomic E-state index is 11.7. The van der Waals surface area contributed by atoms with Gasteiger partial charge in [-0.2, -0.15) is 0 Å². The minimum atomic E-state index is -0.900. The van der Waals surface area contributed by atoms with E-state index in [0.29, 0.717) is 11.3 Å². The molecule has 0 spiro atoms. The van der Waals surface area contributed by atoms with Gasteiger partial charge in [-0.25, -0.2) is 0 Å². The van der Waals surface area contributed by atoms with E-state index in [9.17, 15) is 9.59 Å². The molecule has 0 saturated heterocycles. The first-order valence-electron chi connectivity index (χ1n) is 5.52. The summed E-state index contributed by atoms with van der Waals surface area (Å²) in [7, 11) is 0. The Kier molecular flexibility index (Phi) is 3.51. The number of carboxylic acid groups (broad SMARTS) is 1. The summed E-state index contributed by atoms with van der Waals surface area (Å²) in [6.45, 7) is 0. The number of amides is 1. The Labute approximate surface area is 108 Å². The molecule has 0 bridgehead atoms. The second kappa shape index (κ2) is 5.26. The summed E-state index contributed by atoms with van der Waals surface area (Å²) in [4.78, 5) is 22.3. The molecule has 2 aromatic rings. The average Bonchev–Trinajstić information content (AvgIpc) is 2.78. The maximum atomic E-state index is 11.7. The molecule has 1 aromatic carbocycles. The van der Waals surface area contributed by atoms with Crippen LogP contribution in [-0.2, 0) is 11.2 Å². The van der Waals surface area contributed by atoms with E-state index in [4.69, 9.17) is 15.3 Å². The van der Waals surface area contributed by atoms with Crippen LogP contribution in [-0.4, -0.2) is 17.0 Å². The number of anilines is 2. The van der Waals surface area contributed by atoms with E-state index in [1.54, 1.807) is 24.3 Å². The van der Waals surface area contributed by atoms with Gasteiger partial charge in [0.15, 0.2) is 11.6 Å². The summed E-state index contributed by atoms with van der Waals surface area (Å²) >= 11 is 0. The van der Waals surface area contributed by atoms with Crippen molar-refractivity contribution in [2.24, 2.45) is 0 Å². The molecule has 2 rings (SSSR count). The first-order chi connectivity index (χ1) is 9.04. The van der Waals surface area contributed by atoms with Crippen molar-refractivity contribution in [2.75, 3.05) is 11.1 Å². The highest BCUT2D eigenvalue weighted by molar-refractivity contribution is 6.02. The van der Waals surface area contributed by atoms with Crippen molar-refractivity contribution >= 4 is 23.4 Å². The SMILES string of the molecule is Nc1ccc(C(=O)Nc2ccc(CC(=O)O)cc2)o1. The summed E-state index contributed by atoms with van der Waals surface area (Å²) in [5.41, 5.74) is 6.58. The number of carbonyl (C=O) groups excluding carboxylic acids is 1. The topological polar surface area (TPSA) is 106 Å². The van der Waals surface area contributed by atoms with E-state index < -0.39 is 11.9 Å². The fourth-order valence-corrected chi connectivity index (χ4v) is 1.55. The normalized spacial score (nSPS) is 10.1. The Bertz CT molecular complexity index is 601. The lowest BCUT2D eigenvalue weighted by Gasteiger charge is -2.04. The number of carboxylic acids is 1. The standard InChI is InChI=1S/C13H12N2O4/c14-11-6-5-10(19-11)13(18)15-9-3-1-8(2-4-9)7-12(16)17/h1-6H,7,14H2,(H,15,18)(H,16,17). The highest BCUT2D eigenvalue weighted by Crippen LogP contribution is 2.14. The quantitative estimate of drug-likeness (QED) is 0.776. The first kappa shape index (κ1) is 12.7. The van der Waals surface area contributed by atoms with Gasteiger partial charge in [0.05, 0.1) is 6.42 Å². The molecular formula is C13H12N2O4. The van der Waals surface area contributed by atoms with Gasteiger partial charge >= 0.3 is 5.97 Å². The third-order valence-corrected chi connectivity index (χ3v) is 2.42. The van der Waals surface area contributed by atoms with Crippen molar-refractivity contribution in [3.63, 3.8) is 0 Å². The molecule has 1 aromatic heterocycles.